The number of aliphatic hydroxyl groups excluding tert-OH is 1. The van der Waals surface area contributed by atoms with Gasteiger partial charge in [0.2, 0.25) is 11.8 Å². The number of amides is 1. The molecule has 1 amide bonds. The van der Waals surface area contributed by atoms with Gasteiger partial charge in [-0.3, -0.25) is 9.59 Å². The van der Waals surface area contributed by atoms with Gasteiger partial charge in [-0.2, -0.15) is 4.98 Å². The molecule has 0 unspecified atom stereocenters. The van der Waals surface area contributed by atoms with Crippen LogP contribution in [-0.2, 0) is 15.0 Å². The van der Waals surface area contributed by atoms with Gasteiger partial charge >= 0.3 is 0 Å². The van der Waals surface area contributed by atoms with Crippen molar-refractivity contribution < 1.29 is 19.2 Å². The Bertz CT molecular complexity index is 873. The summed E-state index contributed by atoms with van der Waals surface area (Å²) >= 11 is 6.10. The fraction of sp³-hybridized carbons (Fsp3) is 0.444. The highest BCUT2D eigenvalue weighted by atomic mass is 35.5. The zero-order valence-corrected chi connectivity index (χ0v) is 14.9. The van der Waals surface area contributed by atoms with Gasteiger partial charge in [-0.05, 0) is 24.6 Å². The maximum atomic E-state index is 13.5. The molecule has 7 nitrogen and oxygen atoms in total. The number of halogens is 1. The summed E-state index contributed by atoms with van der Waals surface area (Å²) < 4.78 is 5.23. The molecule has 1 aliphatic carbocycles. The molecule has 2 atom stereocenters. The summed E-state index contributed by atoms with van der Waals surface area (Å²) in [6.45, 7) is 1.87. The van der Waals surface area contributed by atoms with Crippen molar-refractivity contribution in [2.24, 2.45) is 0 Å². The second-order valence-corrected chi connectivity index (χ2v) is 7.46. The predicted molar refractivity (Wildman–Crippen MR) is 91.5 cm³/mol. The van der Waals surface area contributed by atoms with Gasteiger partial charge in [-0.1, -0.05) is 28.9 Å². The summed E-state index contributed by atoms with van der Waals surface area (Å²) in [7, 11) is 0. The van der Waals surface area contributed by atoms with Crippen LogP contribution in [0.3, 0.4) is 0 Å². The van der Waals surface area contributed by atoms with E-state index in [1.54, 1.807) is 30.0 Å². The molecule has 2 aliphatic rings. The van der Waals surface area contributed by atoms with Crippen LogP contribution >= 0.6 is 11.6 Å². The Balaban J connectivity index is 1.70. The normalized spacial score (nSPS) is 24.6. The number of carbonyl (C=O) groups is 2. The maximum Gasteiger partial charge on any atom is 0.249 e. The first kappa shape index (κ1) is 17.2. The van der Waals surface area contributed by atoms with E-state index in [0.717, 1.165) is 5.56 Å². The van der Waals surface area contributed by atoms with Crippen molar-refractivity contribution in [3.05, 3.63) is 46.6 Å². The monoisotopic (exact) mass is 375 g/mol. The number of rotatable bonds is 3. The average molecular weight is 376 g/mol. The molecule has 136 valence electrons. The SMILES string of the molecule is Cc1noc([C@H]2C[C@H](O)CN2C(=O)C2(c3cccc(Cl)c3)CC(=O)C2)n1. The van der Waals surface area contributed by atoms with E-state index in [1.807, 2.05) is 6.07 Å². The highest BCUT2D eigenvalue weighted by Gasteiger charge is 2.55. The lowest BCUT2D eigenvalue weighted by molar-refractivity contribution is -0.149. The number of aliphatic hydroxyl groups is 1. The van der Waals surface area contributed by atoms with Gasteiger partial charge in [-0.15, -0.1) is 0 Å². The quantitative estimate of drug-likeness (QED) is 0.880. The van der Waals surface area contributed by atoms with Crippen LogP contribution in [0.4, 0.5) is 0 Å². The Morgan fingerprint density at radius 3 is 2.81 bits per heavy atom. The number of carbonyl (C=O) groups excluding carboxylic acids is 2. The summed E-state index contributed by atoms with van der Waals surface area (Å²) in [5.41, 5.74) is -0.226. The van der Waals surface area contributed by atoms with Crippen LogP contribution in [0.15, 0.2) is 28.8 Å². The first-order chi connectivity index (χ1) is 12.4. The summed E-state index contributed by atoms with van der Waals surface area (Å²) in [6.07, 6.45) is -0.0846. The molecular formula is C18H18ClN3O4. The number of benzene rings is 1. The Morgan fingerprint density at radius 2 is 2.19 bits per heavy atom. The van der Waals surface area contributed by atoms with Crippen molar-refractivity contribution in [1.82, 2.24) is 15.0 Å². The van der Waals surface area contributed by atoms with E-state index >= 15 is 0 Å². The van der Waals surface area contributed by atoms with Crippen LogP contribution in [0.2, 0.25) is 5.02 Å². The average Bonchev–Trinajstić information content (AvgIpc) is 3.16. The third-order valence-electron chi connectivity index (χ3n) is 5.15. The zero-order chi connectivity index (χ0) is 18.5. The molecule has 1 saturated carbocycles. The van der Waals surface area contributed by atoms with Crippen LogP contribution in [0.25, 0.3) is 0 Å². The molecule has 2 aromatic rings. The molecule has 0 radical (unpaired) electrons. The van der Waals surface area contributed by atoms with Crippen LogP contribution < -0.4 is 0 Å². The Kier molecular flexibility index (Phi) is 4.08. The smallest absolute Gasteiger partial charge is 0.249 e. The van der Waals surface area contributed by atoms with E-state index in [4.69, 9.17) is 16.1 Å². The summed E-state index contributed by atoms with van der Waals surface area (Å²) in [6, 6.07) is 6.55. The number of ketones is 1. The van der Waals surface area contributed by atoms with Gasteiger partial charge in [0.15, 0.2) is 5.82 Å². The minimum Gasteiger partial charge on any atom is -0.391 e. The molecule has 2 fully saturated rings. The number of Topliss-reactive ketones (excluding diaryl/α,β-unsaturated/α-hetero) is 1. The van der Waals surface area contributed by atoms with Crippen LogP contribution in [-0.4, -0.2) is 44.5 Å². The number of hydrogen-bond acceptors (Lipinski definition) is 6. The second kappa shape index (κ2) is 6.17. The molecule has 1 aromatic carbocycles. The van der Waals surface area contributed by atoms with Gasteiger partial charge in [0.05, 0.1) is 11.5 Å². The molecular weight excluding hydrogens is 358 g/mol. The molecule has 1 saturated heterocycles. The molecule has 1 N–H and O–H groups in total. The number of likely N-dealkylation sites (tertiary alicyclic amines) is 1. The van der Waals surface area contributed by atoms with E-state index in [-0.39, 0.29) is 31.1 Å². The van der Waals surface area contributed by atoms with Crippen LogP contribution in [0.5, 0.6) is 0 Å². The summed E-state index contributed by atoms with van der Waals surface area (Å²) in [5.74, 6) is 0.594. The number of hydrogen-bond donors (Lipinski definition) is 1. The van der Waals surface area contributed by atoms with Crippen molar-refractivity contribution >= 4 is 23.3 Å². The Labute approximate surface area is 154 Å². The summed E-state index contributed by atoms with van der Waals surface area (Å²) in [4.78, 5) is 31.1. The fourth-order valence-electron chi connectivity index (χ4n) is 3.88. The standard InChI is InChI=1S/C18H18ClN3O4/c1-10-20-16(26-21-10)15-6-13(23)9-22(15)17(25)18(7-14(24)8-18)11-3-2-4-12(19)5-11/h2-5,13,15,23H,6-9H2,1H3/t13-,15+/m0/s1. The van der Waals surface area contributed by atoms with Crippen molar-refractivity contribution in [1.29, 1.82) is 0 Å². The first-order valence-corrected chi connectivity index (χ1v) is 8.84. The highest BCUT2D eigenvalue weighted by Crippen LogP contribution is 2.46. The minimum absolute atomic E-state index is 0.0308. The van der Waals surface area contributed by atoms with Gasteiger partial charge in [0, 0.05) is 30.8 Å². The lowest BCUT2D eigenvalue weighted by Gasteiger charge is -2.42. The molecule has 0 spiro atoms. The first-order valence-electron chi connectivity index (χ1n) is 8.46. The Hall–Kier alpha value is -2.25. The number of aromatic nitrogens is 2. The molecule has 0 bridgehead atoms. The van der Waals surface area contributed by atoms with Crippen molar-refractivity contribution in [2.75, 3.05) is 6.54 Å². The Morgan fingerprint density at radius 1 is 1.42 bits per heavy atom. The van der Waals surface area contributed by atoms with E-state index in [9.17, 15) is 14.7 Å². The van der Waals surface area contributed by atoms with E-state index in [2.05, 4.69) is 10.1 Å². The second-order valence-electron chi connectivity index (χ2n) is 7.03. The molecule has 8 heteroatoms. The largest absolute Gasteiger partial charge is 0.391 e. The third-order valence-corrected chi connectivity index (χ3v) is 5.39. The lowest BCUT2D eigenvalue weighted by Crippen LogP contribution is -2.54. The minimum atomic E-state index is -0.945. The third kappa shape index (κ3) is 2.71. The molecule has 2 heterocycles. The summed E-state index contributed by atoms with van der Waals surface area (Å²) in [5, 5.41) is 14.4. The van der Waals surface area contributed by atoms with E-state index < -0.39 is 17.6 Å². The van der Waals surface area contributed by atoms with Crippen LogP contribution in [0, 0.1) is 6.92 Å². The van der Waals surface area contributed by atoms with E-state index in [1.165, 1.54) is 0 Å². The van der Waals surface area contributed by atoms with Gasteiger partial charge in [0.1, 0.15) is 11.8 Å². The van der Waals surface area contributed by atoms with Crippen molar-refractivity contribution in [3.63, 3.8) is 0 Å². The van der Waals surface area contributed by atoms with Crippen LogP contribution in [0.1, 0.15) is 42.6 Å². The highest BCUT2D eigenvalue weighted by molar-refractivity contribution is 6.30. The zero-order valence-electron chi connectivity index (χ0n) is 14.2. The van der Waals surface area contributed by atoms with E-state index in [0.29, 0.717) is 23.2 Å². The maximum absolute atomic E-state index is 13.5. The van der Waals surface area contributed by atoms with Crippen molar-refractivity contribution in [3.8, 4) is 0 Å². The topological polar surface area (TPSA) is 96.5 Å². The molecule has 26 heavy (non-hydrogen) atoms. The fourth-order valence-corrected chi connectivity index (χ4v) is 4.07. The molecule has 4 rings (SSSR count). The van der Waals surface area contributed by atoms with Gasteiger partial charge < -0.3 is 14.5 Å². The van der Waals surface area contributed by atoms with Gasteiger partial charge in [0.25, 0.3) is 0 Å². The molecule has 1 aliphatic heterocycles. The predicted octanol–water partition coefficient (Wildman–Crippen LogP) is 1.97. The molecule has 1 aromatic heterocycles. The number of aryl methyl sites for hydroxylation is 1. The van der Waals surface area contributed by atoms with Crippen molar-refractivity contribution in [2.45, 2.75) is 43.7 Å². The lowest BCUT2D eigenvalue weighted by atomic mass is 9.62. The number of nitrogens with zero attached hydrogens (tertiary/aromatic N) is 3. The number of β-amino-alcohol motifs (C(OH)–C–C–N with tert-alkyl or cyclic N) is 1. The van der Waals surface area contributed by atoms with Gasteiger partial charge in [-0.25, -0.2) is 0 Å².